The lowest BCUT2D eigenvalue weighted by atomic mass is 9.79. The molecule has 2 heteroatoms. The second-order valence-corrected chi connectivity index (χ2v) is 4.40. The fourth-order valence-electron chi connectivity index (χ4n) is 2.72. The fraction of sp³-hybridized carbons (Fsp3) is 1.00. The molecule has 1 atom stereocenters. The minimum Gasteiger partial charge on any atom is -0.316 e. The van der Waals surface area contributed by atoms with E-state index in [4.69, 9.17) is 0 Å². The largest absolute Gasteiger partial charge is 0.316 e. The zero-order valence-corrected chi connectivity index (χ0v) is 12.1. The Labute approximate surface area is 103 Å². The standard InChI is InChI=1S/C10H20N2.2C2H6/c1-2-12-7-3-4-10(9-12)5-6-11-8-10;2*1-2/h11H,2-9H2,1H3;2*1-2H3. The molecule has 0 bridgehead atoms. The van der Waals surface area contributed by atoms with Crippen molar-refractivity contribution in [3.05, 3.63) is 0 Å². The number of hydrogen-bond donors (Lipinski definition) is 1. The molecule has 0 radical (unpaired) electrons. The number of nitrogens with one attached hydrogen (secondary N) is 1. The Morgan fingerprint density at radius 3 is 2.31 bits per heavy atom. The molecule has 2 nitrogen and oxygen atoms in total. The van der Waals surface area contributed by atoms with Crippen LogP contribution in [0.3, 0.4) is 0 Å². The van der Waals surface area contributed by atoms with E-state index >= 15 is 0 Å². The summed E-state index contributed by atoms with van der Waals surface area (Å²) < 4.78 is 0. The zero-order chi connectivity index (χ0) is 12.4. The topological polar surface area (TPSA) is 15.3 Å². The van der Waals surface area contributed by atoms with Crippen LogP contribution < -0.4 is 5.32 Å². The molecule has 1 N–H and O–H groups in total. The third-order valence-corrected chi connectivity index (χ3v) is 3.52. The van der Waals surface area contributed by atoms with Crippen LogP contribution in [0.1, 0.15) is 53.9 Å². The Kier molecular flexibility index (Phi) is 8.96. The quantitative estimate of drug-likeness (QED) is 0.742. The van der Waals surface area contributed by atoms with E-state index < -0.39 is 0 Å². The number of nitrogens with zero attached hydrogens (tertiary/aromatic N) is 1. The highest BCUT2D eigenvalue weighted by Gasteiger charge is 2.37. The van der Waals surface area contributed by atoms with E-state index in [1.165, 1.54) is 52.0 Å². The van der Waals surface area contributed by atoms with Gasteiger partial charge in [-0.25, -0.2) is 0 Å². The van der Waals surface area contributed by atoms with Gasteiger partial charge in [-0.15, -0.1) is 0 Å². The molecule has 2 rings (SSSR count). The third kappa shape index (κ3) is 4.42. The van der Waals surface area contributed by atoms with E-state index in [1.807, 2.05) is 27.7 Å². The Hall–Kier alpha value is -0.0800. The van der Waals surface area contributed by atoms with Crippen molar-refractivity contribution in [2.75, 3.05) is 32.7 Å². The molecule has 98 valence electrons. The molecule has 2 aliphatic heterocycles. The van der Waals surface area contributed by atoms with Crippen LogP contribution in [-0.2, 0) is 0 Å². The lowest BCUT2D eigenvalue weighted by Gasteiger charge is -2.39. The molecule has 2 fully saturated rings. The SMILES string of the molecule is CC.CC.CCN1CCCC2(CCNC2)C1. The minimum atomic E-state index is 0.661. The summed E-state index contributed by atoms with van der Waals surface area (Å²) >= 11 is 0. The summed E-state index contributed by atoms with van der Waals surface area (Å²) in [5.74, 6) is 0. The van der Waals surface area contributed by atoms with E-state index in [2.05, 4.69) is 17.1 Å². The van der Waals surface area contributed by atoms with Crippen LogP contribution in [0.5, 0.6) is 0 Å². The molecular formula is C14H32N2. The smallest absolute Gasteiger partial charge is 0.00505 e. The van der Waals surface area contributed by atoms with Crippen LogP contribution in [0.4, 0.5) is 0 Å². The van der Waals surface area contributed by atoms with Crippen LogP contribution >= 0.6 is 0 Å². The van der Waals surface area contributed by atoms with E-state index in [1.54, 1.807) is 0 Å². The molecule has 0 saturated carbocycles. The average molecular weight is 228 g/mol. The van der Waals surface area contributed by atoms with E-state index in [9.17, 15) is 0 Å². The van der Waals surface area contributed by atoms with E-state index in [-0.39, 0.29) is 0 Å². The maximum Gasteiger partial charge on any atom is 0.00505 e. The van der Waals surface area contributed by atoms with Gasteiger partial charge in [-0.1, -0.05) is 34.6 Å². The van der Waals surface area contributed by atoms with Crippen molar-refractivity contribution < 1.29 is 0 Å². The highest BCUT2D eigenvalue weighted by Crippen LogP contribution is 2.35. The first-order chi connectivity index (χ1) is 7.85. The second kappa shape index (κ2) is 9.00. The number of rotatable bonds is 1. The summed E-state index contributed by atoms with van der Waals surface area (Å²) in [7, 11) is 0. The first kappa shape index (κ1) is 15.9. The van der Waals surface area contributed by atoms with Gasteiger partial charge in [-0.3, -0.25) is 0 Å². The first-order valence-electron chi connectivity index (χ1n) is 7.28. The number of piperidine rings is 1. The highest BCUT2D eigenvalue weighted by molar-refractivity contribution is 4.92. The summed E-state index contributed by atoms with van der Waals surface area (Å²) in [4.78, 5) is 2.61. The van der Waals surface area contributed by atoms with Crippen LogP contribution in [0.2, 0.25) is 0 Å². The Morgan fingerprint density at radius 1 is 1.12 bits per heavy atom. The van der Waals surface area contributed by atoms with Gasteiger partial charge in [0.15, 0.2) is 0 Å². The molecule has 16 heavy (non-hydrogen) atoms. The van der Waals surface area contributed by atoms with Gasteiger partial charge in [-0.2, -0.15) is 0 Å². The van der Waals surface area contributed by atoms with Crippen molar-refractivity contribution in [3.63, 3.8) is 0 Å². The molecule has 0 aromatic heterocycles. The van der Waals surface area contributed by atoms with Gasteiger partial charge in [0.05, 0.1) is 0 Å². The van der Waals surface area contributed by atoms with Crippen molar-refractivity contribution in [2.24, 2.45) is 5.41 Å². The van der Waals surface area contributed by atoms with Crippen molar-refractivity contribution in [1.29, 1.82) is 0 Å². The Bertz CT molecular complexity index is 151. The molecule has 0 amide bonds. The van der Waals surface area contributed by atoms with Crippen molar-refractivity contribution >= 4 is 0 Å². The van der Waals surface area contributed by atoms with Gasteiger partial charge >= 0.3 is 0 Å². The number of hydrogen-bond acceptors (Lipinski definition) is 2. The predicted octanol–water partition coefficient (Wildman–Crippen LogP) is 3.13. The summed E-state index contributed by atoms with van der Waals surface area (Å²) in [5.41, 5.74) is 0.661. The van der Waals surface area contributed by atoms with Crippen LogP contribution in [0.25, 0.3) is 0 Å². The third-order valence-electron chi connectivity index (χ3n) is 3.52. The van der Waals surface area contributed by atoms with Gasteiger partial charge in [-0.05, 0) is 44.3 Å². The molecule has 0 aromatic rings. The molecule has 2 saturated heterocycles. The minimum absolute atomic E-state index is 0.661. The van der Waals surface area contributed by atoms with Gasteiger partial charge in [0, 0.05) is 13.1 Å². The Morgan fingerprint density at radius 2 is 1.81 bits per heavy atom. The van der Waals surface area contributed by atoms with Gasteiger partial charge < -0.3 is 10.2 Å². The predicted molar refractivity (Wildman–Crippen MR) is 74.0 cm³/mol. The van der Waals surface area contributed by atoms with Crippen molar-refractivity contribution in [3.8, 4) is 0 Å². The van der Waals surface area contributed by atoms with Gasteiger partial charge in [0.1, 0.15) is 0 Å². The lowest BCUT2D eigenvalue weighted by Crippen LogP contribution is -2.44. The highest BCUT2D eigenvalue weighted by atomic mass is 15.1. The van der Waals surface area contributed by atoms with Crippen LogP contribution in [-0.4, -0.2) is 37.6 Å². The lowest BCUT2D eigenvalue weighted by molar-refractivity contribution is 0.109. The van der Waals surface area contributed by atoms with Crippen molar-refractivity contribution in [1.82, 2.24) is 10.2 Å². The van der Waals surface area contributed by atoms with Crippen LogP contribution in [0.15, 0.2) is 0 Å². The fourth-order valence-corrected chi connectivity index (χ4v) is 2.72. The van der Waals surface area contributed by atoms with Crippen molar-refractivity contribution in [2.45, 2.75) is 53.9 Å². The molecule has 2 aliphatic rings. The van der Waals surface area contributed by atoms with E-state index in [0.29, 0.717) is 5.41 Å². The maximum atomic E-state index is 3.50. The Balaban J connectivity index is 0.000000509. The van der Waals surface area contributed by atoms with Gasteiger partial charge in [0.2, 0.25) is 0 Å². The van der Waals surface area contributed by atoms with Gasteiger partial charge in [0.25, 0.3) is 0 Å². The summed E-state index contributed by atoms with van der Waals surface area (Å²) in [6.07, 6.45) is 4.27. The summed E-state index contributed by atoms with van der Waals surface area (Å²) in [5, 5.41) is 3.50. The summed E-state index contributed by atoms with van der Waals surface area (Å²) in [6, 6.07) is 0. The molecule has 1 unspecified atom stereocenters. The summed E-state index contributed by atoms with van der Waals surface area (Å²) in [6.45, 7) is 16.7. The molecule has 0 aliphatic carbocycles. The first-order valence-corrected chi connectivity index (χ1v) is 7.28. The second-order valence-electron chi connectivity index (χ2n) is 4.40. The zero-order valence-electron chi connectivity index (χ0n) is 12.1. The molecule has 2 heterocycles. The monoisotopic (exact) mass is 228 g/mol. The molecular weight excluding hydrogens is 196 g/mol. The normalized spacial score (nSPS) is 29.1. The average Bonchev–Trinajstić information content (AvgIpc) is 2.82. The van der Waals surface area contributed by atoms with E-state index in [0.717, 1.165) is 0 Å². The molecule has 0 aromatic carbocycles. The number of likely N-dealkylation sites (tertiary alicyclic amines) is 1. The molecule has 1 spiro atoms. The maximum absolute atomic E-state index is 3.50. The van der Waals surface area contributed by atoms with Crippen LogP contribution in [0, 0.1) is 5.41 Å².